The zero-order valence-corrected chi connectivity index (χ0v) is 15.3. The van der Waals surface area contributed by atoms with Crippen molar-refractivity contribution in [2.24, 2.45) is 0 Å². The van der Waals surface area contributed by atoms with Gasteiger partial charge in [-0.2, -0.15) is 11.8 Å². The van der Waals surface area contributed by atoms with Crippen LogP contribution < -0.4 is 15.9 Å². The summed E-state index contributed by atoms with van der Waals surface area (Å²) in [4.78, 5) is 31.3. The van der Waals surface area contributed by atoms with Crippen LogP contribution in [0.15, 0.2) is 17.2 Å². The van der Waals surface area contributed by atoms with Crippen molar-refractivity contribution in [3.8, 4) is 0 Å². The Kier molecular flexibility index (Phi) is 5.11. The van der Waals surface area contributed by atoms with Gasteiger partial charge in [-0.05, 0) is 12.8 Å². The number of hydrogen-bond acceptors (Lipinski definition) is 7. The zero-order chi connectivity index (χ0) is 17.9. The highest BCUT2D eigenvalue weighted by molar-refractivity contribution is 7.99. The highest BCUT2D eigenvalue weighted by Crippen LogP contribution is 2.20. The van der Waals surface area contributed by atoms with Crippen LogP contribution in [0.1, 0.15) is 12.8 Å². The van der Waals surface area contributed by atoms with Gasteiger partial charge in [0.15, 0.2) is 5.82 Å². The fourth-order valence-electron chi connectivity index (χ4n) is 3.26. The molecule has 4 rings (SSSR count). The maximum Gasteiger partial charge on any atom is 0.350 e. The molecule has 2 aliphatic heterocycles. The van der Waals surface area contributed by atoms with E-state index in [0.717, 1.165) is 44.0 Å². The number of fused-ring (bicyclic) bond motifs is 1. The number of ether oxygens (including phenoxy) is 1. The van der Waals surface area contributed by atoms with Gasteiger partial charge in [-0.25, -0.2) is 18.9 Å². The van der Waals surface area contributed by atoms with Crippen molar-refractivity contribution in [2.45, 2.75) is 25.5 Å². The Morgan fingerprint density at radius 3 is 3.00 bits per heavy atom. The monoisotopic (exact) mass is 378 g/mol. The number of rotatable bonds is 5. The summed E-state index contributed by atoms with van der Waals surface area (Å²) >= 11 is 1.90. The Balaban J connectivity index is 1.51. The summed E-state index contributed by atoms with van der Waals surface area (Å²) in [5, 5.41) is 7.19. The van der Waals surface area contributed by atoms with Gasteiger partial charge in [-0.15, -0.1) is 5.10 Å². The third-order valence-electron chi connectivity index (χ3n) is 4.64. The Hall–Kier alpha value is -2.07. The molecule has 0 aliphatic carbocycles. The zero-order valence-electron chi connectivity index (χ0n) is 14.5. The van der Waals surface area contributed by atoms with E-state index in [2.05, 4.69) is 20.3 Å². The Morgan fingerprint density at radius 2 is 2.23 bits per heavy atom. The maximum atomic E-state index is 12.6. The molecule has 0 radical (unpaired) electrons. The molecular weight excluding hydrogens is 356 g/mol. The van der Waals surface area contributed by atoms with Crippen LogP contribution in [0.5, 0.6) is 0 Å². The Labute approximate surface area is 154 Å². The van der Waals surface area contributed by atoms with Gasteiger partial charge in [0.1, 0.15) is 6.54 Å². The molecule has 2 saturated heterocycles. The van der Waals surface area contributed by atoms with E-state index >= 15 is 0 Å². The molecule has 2 fully saturated rings. The lowest BCUT2D eigenvalue weighted by Gasteiger charge is -2.27. The van der Waals surface area contributed by atoms with E-state index in [0.29, 0.717) is 18.0 Å². The molecule has 0 bridgehead atoms. The highest BCUT2D eigenvalue weighted by Gasteiger charge is 2.20. The van der Waals surface area contributed by atoms with Crippen LogP contribution in [-0.2, 0) is 16.1 Å². The maximum absolute atomic E-state index is 12.6. The lowest BCUT2D eigenvalue weighted by molar-refractivity contribution is -0.122. The summed E-state index contributed by atoms with van der Waals surface area (Å²) in [6.07, 6.45) is 5.25. The summed E-state index contributed by atoms with van der Waals surface area (Å²) in [6.45, 7) is 2.86. The van der Waals surface area contributed by atoms with Gasteiger partial charge in [-0.3, -0.25) is 4.79 Å². The van der Waals surface area contributed by atoms with Crippen LogP contribution in [-0.4, -0.2) is 68.9 Å². The van der Waals surface area contributed by atoms with Crippen molar-refractivity contribution < 1.29 is 9.53 Å². The topological polar surface area (TPSA) is 93.8 Å². The summed E-state index contributed by atoms with van der Waals surface area (Å²) in [6, 6.07) is 0. The fraction of sp³-hybridized carbons (Fsp3) is 0.625. The third kappa shape index (κ3) is 3.56. The van der Waals surface area contributed by atoms with Crippen molar-refractivity contribution in [1.29, 1.82) is 0 Å². The number of aromatic nitrogens is 4. The fourth-order valence-corrected chi connectivity index (χ4v) is 4.16. The molecule has 10 heteroatoms. The number of carbonyl (C=O) groups excluding carboxylic acids is 1. The average Bonchev–Trinajstić information content (AvgIpc) is 3.29. The van der Waals surface area contributed by atoms with E-state index in [1.165, 1.54) is 9.08 Å². The quantitative estimate of drug-likeness (QED) is 0.766. The molecule has 2 aromatic rings. The van der Waals surface area contributed by atoms with Gasteiger partial charge in [0.05, 0.1) is 6.10 Å². The second-order valence-corrected chi connectivity index (χ2v) is 7.65. The van der Waals surface area contributed by atoms with Crippen molar-refractivity contribution in [3.05, 3.63) is 22.9 Å². The van der Waals surface area contributed by atoms with Crippen LogP contribution in [0.25, 0.3) is 5.65 Å². The number of nitrogens with one attached hydrogen (secondary N) is 1. The Bertz CT molecular complexity index is 838. The number of hydrogen-bond donors (Lipinski definition) is 1. The molecule has 2 aromatic heterocycles. The van der Waals surface area contributed by atoms with Crippen LogP contribution in [0.2, 0.25) is 0 Å². The number of nitrogens with zero attached hydrogens (tertiary/aromatic N) is 5. The molecule has 2 aliphatic rings. The lowest BCUT2D eigenvalue weighted by atomic mass is 10.2. The number of anilines is 1. The van der Waals surface area contributed by atoms with Gasteiger partial charge < -0.3 is 15.0 Å². The second-order valence-electron chi connectivity index (χ2n) is 6.42. The van der Waals surface area contributed by atoms with Crippen molar-refractivity contribution in [3.63, 3.8) is 0 Å². The van der Waals surface area contributed by atoms with Gasteiger partial charge >= 0.3 is 5.69 Å². The smallest absolute Gasteiger partial charge is 0.350 e. The minimum absolute atomic E-state index is 0.0736. The van der Waals surface area contributed by atoms with Crippen LogP contribution in [0.3, 0.4) is 0 Å². The first kappa shape index (κ1) is 17.3. The van der Waals surface area contributed by atoms with E-state index in [1.54, 1.807) is 12.4 Å². The number of carbonyl (C=O) groups is 1. The SMILES string of the molecule is O=C(Cn1nc2c(N3CCSCC3)nccn2c1=O)NC[C@H]1CCCO1. The molecule has 4 heterocycles. The van der Waals surface area contributed by atoms with Crippen molar-refractivity contribution in [2.75, 3.05) is 42.6 Å². The molecule has 1 atom stereocenters. The minimum atomic E-state index is -0.331. The van der Waals surface area contributed by atoms with Crippen molar-refractivity contribution >= 4 is 29.1 Å². The number of amides is 1. The van der Waals surface area contributed by atoms with Crippen molar-refractivity contribution in [1.82, 2.24) is 24.5 Å². The highest BCUT2D eigenvalue weighted by atomic mass is 32.2. The van der Waals surface area contributed by atoms with Gasteiger partial charge in [0.2, 0.25) is 11.6 Å². The normalized spacial score (nSPS) is 20.6. The molecule has 26 heavy (non-hydrogen) atoms. The van der Waals surface area contributed by atoms with E-state index in [4.69, 9.17) is 4.74 Å². The summed E-state index contributed by atoms with van der Waals surface area (Å²) in [5.41, 5.74) is 0.165. The van der Waals surface area contributed by atoms with E-state index in [1.807, 2.05) is 11.8 Å². The summed E-state index contributed by atoms with van der Waals surface area (Å²) in [5.74, 6) is 2.51. The number of thioether (sulfide) groups is 1. The summed E-state index contributed by atoms with van der Waals surface area (Å²) in [7, 11) is 0. The first-order valence-corrected chi connectivity index (χ1v) is 10.0. The molecule has 9 nitrogen and oxygen atoms in total. The van der Waals surface area contributed by atoms with E-state index in [9.17, 15) is 9.59 Å². The predicted octanol–water partition coefficient (Wildman–Crippen LogP) is -0.261. The minimum Gasteiger partial charge on any atom is -0.376 e. The summed E-state index contributed by atoms with van der Waals surface area (Å²) < 4.78 is 8.14. The standard InChI is InChI=1S/C16H22N6O3S/c23-13(18-10-12-2-1-7-25-12)11-22-16(24)21-4-3-17-14(15(21)19-22)20-5-8-26-9-6-20/h3-4,12H,1-2,5-11H2,(H,18,23)/t12-/m1/s1. The molecule has 0 saturated carbocycles. The van der Waals surface area contributed by atoms with Crippen LogP contribution in [0, 0.1) is 0 Å². The molecule has 140 valence electrons. The molecule has 0 spiro atoms. The molecule has 1 amide bonds. The van der Waals surface area contributed by atoms with E-state index in [-0.39, 0.29) is 24.2 Å². The van der Waals surface area contributed by atoms with Crippen LogP contribution in [0.4, 0.5) is 5.82 Å². The molecule has 0 aromatic carbocycles. The van der Waals surface area contributed by atoms with Gasteiger partial charge in [-0.1, -0.05) is 0 Å². The lowest BCUT2D eigenvalue weighted by Crippen LogP contribution is -2.36. The van der Waals surface area contributed by atoms with Gasteiger partial charge in [0.25, 0.3) is 0 Å². The Morgan fingerprint density at radius 1 is 1.38 bits per heavy atom. The van der Waals surface area contributed by atoms with E-state index < -0.39 is 0 Å². The molecule has 0 unspecified atom stereocenters. The predicted molar refractivity (Wildman–Crippen MR) is 98.8 cm³/mol. The second kappa shape index (κ2) is 7.67. The van der Waals surface area contributed by atoms with Gasteiger partial charge in [0, 0.05) is 50.1 Å². The first-order valence-electron chi connectivity index (χ1n) is 8.87. The average molecular weight is 378 g/mol. The first-order chi connectivity index (χ1) is 12.7. The molecular formula is C16H22N6O3S. The van der Waals surface area contributed by atoms with Crippen LogP contribution >= 0.6 is 11.8 Å². The third-order valence-corrected chi connectivity index (χ3v) is 5.58. The largest absolute Gasteiger partial charge is 0.376 e. The molecule has 1 N–H and O–H groups in total.